The van der Waals surface area contributed by atoms with E-state index in [9.17, 15) is 4.79 Å². The van der Waals surface area contributed by atoms with Crippen molar-refractivity contribution in [3.63, 3.8) is 0 Å². The molecule has 30 heavy (non-hydrogen) atoms. The van der Waals surface area contributed by atoms with E-state index in [0.29, 0.717) is 19.7 Å². The van der Waals surface area contributed by atoms with Crippen molar-refractivity contribution in [2.24, 2.45) is 0 Å². The van der Waals surface area contributed by atoms with Gasteiger partial charge in [0.1, 0.15) is 11.7 Å². The quantitative estimate of drug-likeness (QED) is 0.486. The standard InChI is InChI=1S/C26H27NO3/c1-2-18-27-19-24(30-25(27)28)20-29-26(21-12-6-3-7-13-21,22-14-8-4-9-15-22)23-16-10-5-11-17-23/h3-17,24H,2,18-20H2,1H3/t24-/m0/s1. The van der Waals surface area contributed by atoms with Gasteiger partial charge in [0.05, 0.1) is 13.2 Å². The molecule has 0 N–H and O–H groups in total. The Morgan fingerprint density at radius 2 is 1.33 bits per heavy atom. The molecule has 1 aliphatic heterocycles. The van der Waals surface area contributed by atoms with E-state index in [-0.39, 0.29) is 12.2 Å². The van der Waals surface area contributed by atoms with Crippen LogP contribution in [-0.4, -0.2) is 36.8 Å². The lowest BCUT2D eigenvalue weighted by atomic mass is 9.80. The molecule has 1 amide bonds. The number of carbonyl (C=O) groups is 1. The van der Waals surface area contributed by atoms with E-state index in [1.54, 1.807) is 4.90 Å². The SMILES string of the molecule is CCCN1C[C@@H](COC(c2ccccc2)(c2ccccc2)c2ccccc2)OC1=O. The fraction of sp³-hybridized carbons (Fsp3) is 0.269. The third kappa shape index (κ3) is 3.96. The van der Waals surface area contributed by atoms with Crippen LogP contribution >= 0.6 is 0 Å². The molecule has 0 aromatic heterocycles. The molecule has 4 rings (SSSR count). The molecule has 154 valence electrons. The second-order valence-electron chi connectivity index (χ2n) is 7.54. The maximum absolute atomic E-state index is 12.2. The summed E-state index contributed by atoms with van der Waals surface area (Å²) in [5.41, 5.74) is 2.32. The number of cyclic esters (lactones) is 1. The van der Waals surface area contributed by atoms with E-state index in [4.69, 9.17) is 9.47 Å². The number of ether oxygens (including phenoxy) is 2. The van der Waals surface area contributed by atoms with Crippen molar-refractivity contribution < 1.29 is 14.3 Å². The van der Waals surface area contributed by atoms with Crippen LogP contribution in [0.1, 0.15) is 30.0 Å². The lowest BCUT2D eigenvalue weighted by Gasteiger charge is -2.36. The van der Waals surface area contributed by atoms with E-state index < -0.39 is 5.60 Å². The molecule has 1 aliphatic rings. The number of hydrogen-bond donors (Lipinski definition) is 0. The third-order valence-corrected chi connectivity index (χ3v) is 5.47. The first-order valence-corrected chi connectivity index (χ1v) is 10.5. The Morgan fingerprint density at radius 1 is 0.867 bits per heavy atom. The molecule has 3 aromatic rings. The normalized spacial score (nSPS) is 16.5. The summed E-state index contributed by atoms with van der Waals surface area (Å²) in [4.78, 5) is 13.9. The molecule has 3 aromatic carbocycles. The van der Waals surface area contributed by atoms with Crippen LogP contribution in [0.2, 0.25) is 0 Å². The Hall–Kier alpha value is -3.11. The number of benzene rings is 3. The van der Waals surface area contributed by atoms with Gasteiger partial charge in [-0.25, -0.2) is 4.79 Å². The largest absolute Gasteiger partial charge is 0.442 e. The summed E-state index contributed by atoms with van der Waals surface area (Å²) in [6.45, 7) is 3.63. The number of rotatable bonds is 8. The summed E-state index contributed by atoms with van der Waals surface area (Å²) in [5.74, 6) is 0. The molecule has 0 unspecified atom stereocenters. The molecule has 4 nitrogen and oxygen atoms in total. The second-order valence-corrected chi connectivity index (χ2v) is 7.54. The van der Waals surface area contributed by atoms with Crippen molar-refractivity contribution in [3.8, 4) is 0 Å². The number of carbonyl (C=O) groups excluding carboxylic acids is 1. The minimum atomic E-state index is -0.797. The van der Waals surface area contributed by atoms with Crippen LogP contribution in [0.15, 0.2) is 91.0 Å². The smallest absolute Gasteiger partial charge is 0.410 e. The maximum atomic E-state index is 12.2. The Labute approximate surface area is 178 Å². The van der Waals surface area contributed by atoms with Crippen LogP contribution in [-0.2, 0) is 15.1 Å². The molecule has 0 aliphatic carbocycles. The lowest BCUT2D eigenvalue weighted by Crippen LogP contribution is -2.36. The van der Waals surface area contributed by atoms with Gasteiger partial charge in [-0.3, -0.25) is 0 Å². The Kier molecular flexibility index (Phi) is 6.15. The summed E-state index contributed by atoms with van der Waals surface area (Å²) in [6, 6.07) is 30.7. The van der Waals surface area contributed by atoms with Gasteiger partial charge < -0.3 is 14.4 Å². The number of hydrogen-bond acceptors (Lipinski definition) is 3. The molecule has 1 atom stereocenters. The monoisotopic (exact) mass is 401 g/mol. The van der Waals surface area contributed by atoms with E-state index >= 15 is 0 Å². The Bertz CT molecular complexity index is 847. The average Bonchev–Trinajstić information content (AvgIpc) is 3.16. The summed E-state index contributed by atoms with van der Waals surface area (Å²) < 4.78 is 12.3. The van der Waals surface area contributed by atoms with E-state index in [2.05, 4.69) is 43.3 Å². The van der Waals surface area contributed by atoms with E-state index in [1.165, 1.54) is 0 Å². The number of nitrogens with zero attached hydrogens (tertiary/aromatic N) is 1. The summed E-state index contributed by atoms with van der Waals surface area (Å²) in [5, 5.41) is 0. The van der Waals surface area contributed by atoms with Crippen molar-refractivity contribution in [1.82, 2.24) is 4.90 Å². The van der Waals surface area contributed by atoms with Crippen LogP contribution in [0.4, 0.5) is 4.79 Å². The zero-order chi connectivity index (χ0) is 20.8. The molecule has 0 bridgehead atoms. The fourth-order valence-corrected chi connectivity index (χ4v) is 4.10. The fourth-order valence-electron chi connectivity index (χ4n) is 4.10. The van der Waals surface area contributed by atoms with Crippen molar-refractivity contribution in [2.45, 2.75) is 25.0 Å². The second kappa shape index (κ2) is 9.14. The van der Waals surface area contributed by atoms with Crippen molar-refractivity contribution in [1.29, 1.82) is 0 Å². The first-order valence-electron chi connectivity index (χ1n) is 10.5. The Balaban J connectivity index is 1.73. The molecule has 1 fully saturated rings. The van der Waals surface area contributed by atoms with E-state index in [0.717, 1.165) is 23.1 Å². The highest BCUT2D eigenvalue weighted by Crippen LogP contribution is 2.40. The lowest BCUT2D eigenvalue weighted by molar-refractivity contribution is -0.0298. The Morgan fingerprint density at radius 3 is 1.77 bits per heavy atom. The van der Waals surface area contributed by atoms with Gasteiger partial charge in [-0.1, -0.05) is 97.9 Å². The average molecular weight is 402 g/mol. The molecule has 4 heteroatoms. The third-order valence-electron chi connectivity index (χ3n) is 5.47. The first-order chi connectivity index (χ1) is 14.7. The van der Waals surface area contributed by atoms with Gasteiger partial charge in [0, 0.05) is 6.54 Å². The van der Waals surface area contributed by atoms with Crippen LogP contribution in [0.3, 0.4) is 0 Å². The van der Waals surface area contributed by atoms with Gasteiger partial charge in [-0.05, 0) is 23.1 Å². The molecule has 0 saturated carbocycles. The topological polar surface area (TPSA) is 38.8 Å². The predicted octanol–water partition coefficient (Wildman–Crippen LogP) is 5.23. The van der Waals surface area contributed by atoms with Gasteiger partial charge >= 0.3 is 6.09 Å². The van der Waals surface area contributed by atoms with Crippen LogP contribution in [0.25, 0.3) is 0 Å². The molecule has 0 radical (unpaired) electrons. The van der Waals surface area contributed by atoms with Gasteiger partial charge in [0.2, 0.25) is 0 Å². The summed E-state index contributed by atoms with van der Waals surface area (Å²) in [7, 11) is 0. The summed E-state index contributed by atoms with van der Waals surface area (Å²) >= 11 is 0. The van der Waals surface area contributed by atoms with Crippen molar-refractivity contribution >= 4 is 6.09 Å². The highest BCUT2D eigenvalue weighted by molar-refractivity contribution is 5.69. The summed E-state index contributed by atoms with van der Waals surface area (Å²) in [6.07, 6.45) is 0.361. The zero-order valence-electron chi connectivity index (χ0n) is 17.2. The van der Waals surface area contributed by atoms with Crippen molar-refractivity contribution in [3.05, 3.63) is 108 Å². The minimum Gasteiger partial charge on any atom is -0.442 e. The molecule has 0 spiro atoms. The van der Waals surface area contributed by atoms with Gasteiger partial charge in [-0.15, -0.1) is 0 Å². The molecule has 1 saturated heterocycles. The van der Waals surface area contributed by atoms with Gasteiger partial charge in [-0.2, -0.15) is 0 Å². The molecule has 1 heterocycles. The highest BCUT2D eigenvalue weighted by Gasteiger charge is 2.40. The maximum Gasteiger partial charge on any atom is 0.410 e. The van der Waals surface area contributed by atoms with Crippen LogP contribution in [0, 0.1) is 0 Å². The first kappa shape index (κ1) is 20.2. The van der Waals surface area contributed by atoms with Crippen LogP contribution in [0.5, 0.6) is 0 Å². The molecular weight excluding hydrogens is 374 g/mol. The molecular formula is C26H27NO3. The van der Waals surface area contributed by atoms with Gasteiger partial charge in [0.15, 0.2) is 0 Å². The predicted molar refractivity (Wildman–Crippen MR) is 117 cm³/mol. The van der Waals surface area contributed by atoms with E-state index in [1.807, 2.05) is 54.6 Å². The van der Waals surface area contributed by atoms with Crippen molar-refractivity contribution in [2.75, 3.05) is 19.7 Å². The number of amides is 1. The van der Waals surface area contributed by atoms with Gasteiger partial charge in [0.25, 0.3) is 0 Å². The highest BCUT2D eigenvalue weighted by atomic mass is 16.6. The zero-order valence-corrected chi connectivity index (χ0v) is 17.2. The van der Waals surface area contributed by atoms with Crippen LogP contribution < -0.4 is 0 Å². The minimum absolute atomic E-state index is 0.254.